The third-order valence-electron chi connectivity index (χ3n) is 3.11. The standard InChI is InChI=1S/C14H26N2O4/c1-7-9(2)16(8-11(17)18)12(19)10(3)15-13(20)14(4,5)6/h9-10H,7-8H2,1-6H3,(H,15,20)(H,17,18). The van der Waals surface area contributed by atoms with Gasteiger partial charge in [-0.2, -0.15) is 0 Å². The van der Waals surface area contributed by atoms with Crippen LogP contribution in [0.3, 0.4) is 0 Å². The van der Waals surface area contributed by atoms with E-state index in [0.717, 1.165) is 0 Å². The van der Waals surface area contributed by atoms with Gasteiger partial charge < -0.3 is 15.3 Å². The first-order valence-corrected chi connectivity index (χ1v) is 6.83. The number of carboxylic acid groups (broad SMARTS) is 1. The van der Waals surface area contributed by atoms with Crippen LogP contribution in [-0.4, -0.2) is 46.4 Å². The van der Waals surface area contributed by atoms with Gasteiger partial charge in [-0.1, -0.05) is 27.7 Å². The molecule has 6 heteroatoms. The molecule has 0 aromatic rings. The van der Waals surface area contributed by atoms with Gasteiger partial charge in [0, 0.05) is 11.5 Å². The zero-order chi connectivity index (χ0) is 16.1. The zero-order valence-corrected chi connectivity index (χ0v) is 13.2. The Balaban J connectivity index is 4.89. The lowest BCUT2D eigenvalue weighted by Crippen LogP contribution is -2.53. The van der Waals surface area contributed by atoms with Crippen LogP contribution in [0, 0.1) is 5.41 Å². The number of aliphatic carboxylic acids is 1. The first kappa shape index (κ1) is 18.4. The number of amides is 2. The normalized spacial score (nSPS) is 14.3. The van der Waals surface area contributed by atoms with E-state index in [-0.39, 0.29) is 24.4 Å². The van der Waals surface area contributed by atoms with Crippen molar-refractivity contribution in [2.24, 2.45) is 5.41 Å². The van der Waals surface area contributed by atoms with Crippen LogP contribution in [0.25, 0.3) is 0 Å². The Labute approximate surface area is 120 Å². The summed E-state index contributed by atoms with van der Waals surface area (Å²) in [5, 5.41) is 11.5. The Kier molecular flexibility index (Phi) is 6.68. The number of nitrogens with zero attached hydrogens (tertiary/aromatic N) is 1. The van der Waals surface area contributed by atoms with Gasteiger partial charge in [-0.05, 0) is 20.3 Å². The van der Waals surface area contributed by atoms with Crippen molar-refractivity contribution in [1.82, 2.24) is 10.2 Å². The van der Waals surface area contributed by atoms with Crippen LogP contribution >= 0.6 is 0 Å². The van der Waals surface area contributed by atoms with Gasteiger partial charge in [0.1, 0.15) is 12.6 Å². The first-order chi connectivity index (χ1) is 9.00. The Morgan fingerprint density at radius 2 is 1.70 bits per heavy atom. The second kappa shape index (κ2) is 7.26. The summed E-state index contributed by atoms with van der Waals surface area (Å²) in [6.07, 6.45) is 0.652. The highest BCUT2D eigenvalue weighted by Gasteiger charge is 2.29. The second-order valence-electron chi connectivity index (χ2n) is 6.06. The smallest absolute Gasteiger partial charge is 0.323 e. The van der Waals surface area contributed by atoms with Gasteiger partial charge in [0.05, 0.1) is 0 Å². The summed E-state index contributed by atoms with van der Waals surface area (Å²) in [5.74, 6) is -1.68. The lowest BCUT2D eigenvalue weighted by atomic mass is 9.95. The second-order valence-corrected chi connectivity index (χ2v) is 6.06. The van der Waals surface area contributed by atoms with Crippen LogP contribution in [0.1, 0.15) is 48.0 Å². The quantitative estimate of drug-likeness (QED) is 0.769. The van der Waals surface area contributed by atoms with Gasteiger partial charge in [-0.3, -0.25) is 14.4 Å². The van der Waals surface area contributed by atoms with E-state index >= 15 is 0 Å². The summed E-state index contributed by atoms with van der Waals surface area (Å²) in [6, 6.07) is -0.928. The predicted octanol–water partition coefficient (Wildman–Crippen LogP) is 1.25. The van der Waals surface area contributed by atoms with Crippen molar-refractivity contribution < 1.29 is 19.5 Å². The fraction of sp³-hybridized carbons (Fsp3) is 0.786. The average molecular weight is 286 g/mol. The maximum absolute atomic E-state index is 12.3. The Morgan fingerprint density at radius 3 is 2.05 bits per heavy atom. The number of hydrogen-bond acceptors (Lipinski definition) is 3. The van der Waals surface area contributed by atoms with E-state index in [1.165, 1.54) is 4.90 Å². The molecule has 20 heavy (non-hydrogen) atoms. The molecule has 0 bridgehead atoms. The molecule has 2 unspecified atom stereocenters. The molecule has 0 aliphatic heterocycles. The van der Waals surface area contributed by atoms with Crippen molar-refractivity contribution in [1.29, 1.82) is 0 Å². The molecule has 0 fully saturated rings. The molecule has 0 aromatic carbocycles. The van der Waals surface area contributed by atoms with E-state index in [0.29, 0.717) is 6.42 Å². The zero-order valence-electron chi connectivity index (χ0n) is 13.2. The van der Waals surface area contributed by atoms with Gasteiger partial charge in [-0.15, -0.1) is 0 Å². The maximum Gasteiger partial charge on any atom is 0.323 e. The van der Waals surface area contributed by atoms with Crippen LogP contribution in [0.15, 0.2) is 0 Å². The molecule has 2 amide bonds. The highest BCUT2D eigenvalue weighted by Crippen LogP contribution is 2.13. The van der Waals surface area contributed by atoms with Crippen LogP contribution in [0.2, 0.25) is 0 Å². The van der Waals surface area contributed by atoms with E-state index in [1.807, 2.05) is 6.92 Å². The monoisotopic (exact) mass is 286 g/mol. The summed E-state index contributed by atoms with van der Waals surface area (Å²) < 4.78 is 0. The Morgan fingerprint density at radius 1 is 1.20 bits per heavy atom. The molecule has 0 heterocycles. The Bertz CT molecular complexity index is 374. The third kappa shape index (κ3) is 5.59. The van der Waals surface area contributed by atoms with Crippen LogP contribution in [0.4, 0.5) is 0 Å². The molecule has 2 atom stereocenters. The van der Waals surface area contributed by atoms with Crippen LogP contribution in [-0.2, 0) is 14.4 Å². The number of hydrogen-bond donors (Lipinski definition) is 2. The number of rotatable bonds is 6. The molecule has 0 saturated heterocycles. The molecule has 0 saturated carbocycles. The van der Waals surface area contributed by atoms with Crippen molar-refractivity contribution in [2.45, 2.75) is 60.0 Å². The van der Waals surface area contributed by atoms with Crippen molar-refractivity contribution in [2.75, 3.05) is 6.54 Å². The van der Waals surface area contributed by atoms with Gasteiger partial charge >= 0.3 is 5.97 Å². The fourth-order valence-electron chi connectivity index (χ4n) is 1.54. The maximum atomic E-state index is 12.3. The van der Waals surface area contributed by atoms with E-state index in [4.69, 9.17) is 5.11 Å². The molecular weight excluding hydrogens is 260 g/mol. The molecule has 0 aromatic heterocycles. The van der Waals surface area contributed by atoms with Crippen molar-refractivity contribution >= 4 is 17.8 Å². The minimum Gasteiger partial charge on any atom is -0.480 e. The molecule has 2 N–H and O–H groups in total. The number of carbonyl (C=O) groups is 3. The molecule has 6 nitrogen and oxygen atoms in total. The fourth-order valence-corrected chi connectivity index (χ4v) is 1.54. The molecule has 116 valence electrons. The number of carbonyl (C=O) groups excluding carboxylic acids is 2. The van der Waals surface area contributed by atoms with E-state index in [9.17, 15) is 14.4 Å². The highest BCUT2D eigenvalue weighted by molar-refractivity contribution is 5.90. The average Bonchev–Trinajstić information content (AvgIpc) is 2.32. The summed E-state index contributed by atoms with van der Waals surface area (Å²) >= 11 is 0. The summed E-state index contributed by atoms with van der Waals surface area (Å²) in [5.41, 5.74) is -0.595. The van der Waals surface area contributed by atoms with Crippen LogP contribution in [0.5, 0.6) is 0 Å². The lowest BCUT2D eigenvalue weighted by Gasteiger charge is -2.30. The molecule has 0 radical (unpaired) electrons. The SMILES string of the molecule is CCC(C)N(CC(=O)O)C(=O)C(C)NC(=O)C(C)(C)C. The van der Waals surface area contributed by atoms with E-state index < -0.39 is 17.4 Å². The first-order valence-electron chi connectivity index (χ1n) is 6.83. The topological polar surface area (TPSA) is 86.7 Å². The minimum absolute atomic E-state index is 0.187. The number of nitrogens with one attached hydrogen (secondary N) is 1. The van der Waals surface area contributed by atoms with Gasteiger partial charge in [0.25, 0.3) is 0 Å². The molecule has 0 aliphatic carbocycles. The van der Waals surface area contributed by atoms with E-state index in [2.05, 4.69) is 5.32 Å². The Hall–Kier alpha value is -1.59. The number of carboxylic acids is 1. The van der Waals surface area contributed by atoms with Crippen LogP contribution < -0.4 is 5.32 Å². The highest BCUT2D eigenvalue weighted by atomic mass is 16.4. The minimum atomic E-state index is -1.06. The lowest BCUT2D eigenvalue weighted by molar-refractivity contribution is -0.147. The third-order valence-corrected chi connectivity index (χ3v) is 3.11. The van der Waals surface area contributed by atoms with Crippen molar-refractivity contribution in [3.8, 4) is 0 Å². The van der Waals surface area contributed by atoms with Crippen molar-refractivity contribution in [3.63, 3.8) is 0 Å². The van der Waals surface area contributed by atoms with Gasteiger partial charge in [0.2, 0.25) is 11.8 Å². The van der Waals surface area contributed by atoms with Gasteiger partial charge in [-0.25, -0.2) is 0 Å². The van der Waals surface area contributed by atoms with Gasteiger partial charge in [0.15, 0.2) is 0 Å². The van der Waals surface area contributed by atoms with Crippen molar-refractivity contribution in [3.05, 3.63) is 0 Å². The molecular formula is C14H26N2O4. The summed E-state index contributed by atoms with van der Waals surface area (Å²) in [4.78, 5) is 36.3. The summed E-state index contributed by atoms with van der Waals surface area (Å²) in [7, 11) is 0. The largest absolute Gasteiger partial charge is 0.480 e. The predicted molar refractivity (Wildman–Crippen MR) is 76.2 cm³/mol. The molecule has 0 rings (SSSR count). The summed E-state index contributed by atoms with van der Waals surface area (Å²) in [6.45, 7) is 10.1. The van der Waals surface area contributed by atoms with E-state index in [1.54, 1.807) is 34.6 Å². The molecule has 0 spiro atoms. The molecule has 0 aliphatic rings.